The van der Waals surface area contributed by atoms with Gasteiger partial charge < -0.3 is 4.74 Å². The Morgan fingerprint density at radius 3 is 2.35 bits per heavy atom. The first-order chi connectivity index (χ1) is 18.5. The highest BCUT2D eigenvalue weighted by atomic mass is 16.5. The number of nitriles is 1. The van der Waals surface area contributed by atoms with Gasteiger partial charge in [-0.2, -0.15) is 5.26 Å². The maximum atomic E-state index is 14.5. The lowest BCUT2D eigenvalue weighted by molar-refractivity contribution is -0.193. The van der Waals surface area contributed by atoms with Crippen molar-refractivity contribution in [1.82, 2.24) is 0 Å². The van der Waals surface area contributed by atoms with Gasteiger partial charge in [-0.1, -0.05) is 73.5 Å². The number of ketones is 2. The summed E-state index contributed by atoms with van der Waals surface area (Å²) in [6.07, 6.45) is 11.6. The summed E-state index contributed by atoms with van der Waals surface area (Å²) in [4.78, 5) is 41.7. The monoisotopic (exact) mass is 547 g/mol. The zero-order valence-corrected chi connectivity index (χ0v) is 26.0. The molecule has 7 atom stereocenters. The zero-order chi connectivity index (χ0) is 29.5. The Kier molecular flexibility index (Phi) is 6.69. The molecule has 0 aromatic heterocycles. The van der Waals surface area contributed by atoms with Gasteiger partial charge in [0, 0.05) is 16.7 Å². The van der Waals surface area contributed by atoms with Crippen molar-refractivity contribution >= 4 is 17.5 Å². The van der Waals surface area contributed by atoms with Crippen molar-refractivity contribution in [3.8, 4) is 6.07 Å². The van der Waals surface area contributed by atoms with Gasteiger partial charge in [-0.3, -0.25) is 14.4 Å². The number of carbonyl (C=O) groups is 3. The van der Waals surface area contributed by atoms with Crippen molar-refractivity contribution in [1.29, 1.82) is 5.26 Å². The maximum absolute atomic E-state index is 14.5. The smallest absolute Gasteiger partial charge is 0.312 e. The number of hydrogen-bond donors (Lipinski definition) is 0. The Balaban J connectivity index is 1.64. The van der Waals surface area contributed by atoms with Crippen molar-refractivity contribution in [2.24, 2.45) is 50.2 Å². The third-order valence-electron chi connectivity index (χ3n) is 13.0. The van der Waals surface area contributed by atoms with Crippen LogP contribution in [0.1, 0.15) is 113 Å². The van der Waals surface area contributed by atoms with Crippen LogP contribution in [0, 0.1) is 61.6 Å². The molecule has 0 heterocycles. The minimum atomic E-state index is -0.672. The molecule has 0 aromatic carbocycles. The third kappa shape index (κ3) is 3.73. The molecule has 0 bridgehead atoms. The molecule has 5 rings (SSSR count). The summed E-state index contributed by atoms with van der Waals surface area (Å²) in [5.74, 6) is -0.298. The molecule has 0 aliphatic heterocycles. The lowest BCUT2D eigenvalue weighted by atomic mass is 9.34. The van der Waals surface area contributed by atoms with Gasteiger partial charge in [0.2, 0.25) is 0 Å². The third-order valence-corrected chi connectivity index (χ3v) is 13.0. The van der Waals surface area contributed by atoms with Crippen LogP contribution in [0.15, 0.2) is 23.3 Å². The van der Waals surface area contributed by atoms with Gasteiger partial charge in [0.15, 0.2) is 11.6 Å². The fraction of sp³-hybridized carbons (Fsp3) is 0.771. The van der Waals surface area contributed by atoms with E-state index in [0.29, 0.717) is 6.61 Å². The molecular formula is C35H49NO4. The van der Waals surface area contributed by atoms with E-state index in [2.05, 4.69) is 47.6 Å². The molecule has 3 saturated carbocycles. The normalized spacial score (nSPS) is 43.1. The minimum Gasteiger partial charge on any atom is -0.465 e. The lowest BCUT2D eigenvalue weighted by Gasteiger charge is -2.68. The summed E-state index contributed by atoms with van der Waals surface area (Å²) >= 11 is 0. The van der Waals surface area contributed by atoms with Gasteiger partial charge in [0.1, 0.15) is 6.07 Å². The first-order valence-electron chi connectivity index (χ1n) is 15.7. The molecule has 0 saturated heterocycles. The van der Waals surface area contributed by atoms with Crippen LogP contribution in [-0.2, 0) is 19.1 Å². The number of esters is 1. The summed E-state index contributed by atoms with van der Waals surface area (Å²) in [6, 6.07) is 2.19. The number of carbonyl (C=O) groups excluding carboxylic acids is 3. The quantitative estimate of drug-likeness (QED) is 0.268. The van der Waals surface area contributed by atoms with Crippen molar-refractivity contribution in [2.75, 3.05) is 6.61 Å². The van der Waals surface area contributed by atoms with Gasteiger partial charge >= 0.3 is 5.97 Å². The predicted molar refractivity (Wildman–Crippen MR) is 155 cm³/mol. The fourth-order valence-corrected chi connectivity index (χ4v) is 10.4. The summed E-state index contributed by atoms with van der Waals surface area (Å²) in [5, 5.41) is 9.92. The van der Waals surface area contributed by atoms with Gasteiger partial charge in [-0.05, 0) is 85.5 Å². The molecular weight excluding hydrogens is 498 g/mol. The van der Waals surface area contributed by atoms with Crippen LogP contribution in [0.25, 0.3) is 0 Å². The first-order valence-corrected chi connectivity index (χ1v) is 15.7. The van der Waals surface area contributed by atoms with Crippen LogP contribution in [-0.4, -0.2) is 24.1 Å². The number of hydrogen-bond acceptors (Lipinski definition) is 5. The van der Waals surface area contributed by atoms with Crippen LogP contribution >= 0.6 is 0 Å². The molecule has 0 aromatic rings. The second kappa shape index (κ2) is 9.14. The molecule has 0 N–H and O–H groups in total. The van der Waals surface area contributed by atoms with Crippen LogP contribution < -0.4 is 0 Å². The first kappa shape index (κ1) is 29.3. The molecule has 5 nitrogen and oxygen atoms in total. The lowest BCUT2D eigenvalue weighted by Crippen LogP contribution is -2.66. The van der Waals surface area contributed by atoms with E-state index in [1.165, 1.54) is 0 Å². The molecule has 2 unspecified atom stereocenters. The van der Waals surface area contributed by atoms with Gasteiger partial charge in [-0.25, -0.2) is 0 Å². The Morgan fingerprint density at radius 1 is 1.02 bits per heavy atom. The van der Waals surface area contributed by atoms with E-state index >= 15 is 0 Å². The fourth-order valence-electron chi connectivity index (χ4n) is 10.4. The van der Waals surface area contributed by atoms with Crippen molar-refractivity contribution in [3.63, 3.8) is 0 Å². The summed E-state index contributed by atoms with van der Waals surface area (Å²) in [5.41, 5.74) is -1.03. The van der Waals surface area contributed by atoms with Crippen molar-refractivity contribution < 1.29 is 19.1 Å². The van der Waals surface area contributed by atoms with E-state index in [1.807, 2.05) is 26.0 Å². The standard InChI is InChI=1S/C35H49NO4/c1-9-10-17-40-29(39)35-15-13-30(2,3)20-23(35)27-24(37)18-26-32(6)19-22(21-36)28(38)31(4,5)25(32)11-12-33(26,7)34(27,8)14-16-35/h18-19,23,25,27H,9-17,20H2,1-8H3/t23?,25-,27?,32-,33+,34+,35-/m0/s1. The molecule has 5 aliphatic carbocycles. The molecule has 0 spiro atoms. The minimum absolute atomic E-state index is 0.0294. The number of nitrogens with zero attached hydrogens (tertiary/aromatic N) is 1. The summed E-state index contributed by atoms with van der Waals surface area (Å²) in [7, 11) is 0. The van der Waals surface area contributed by atoms with E-state index in [-0.39, 0.29) is 57.1 Å². The van der Waals surface area contributed by atoms with Gasteiger partial charge in [-0.15, -0.1) is 0 Å². The summed E-state index contributed by atoms with van der Waals surface area (Å²) in [6.45, 7) is 17.9. The number of ether oxygens (including phenoxy) is 1. The Bertz CT molecular complexity index is 1250. The molecule has 5 heteroatoms. The van der Waals surface area contributed by atoms with Crippen LogP contribution in [0.5, 0.6) is 0 Å². The van der Waals surface area contributed by atoms with E-state index in [4.69, 9.17) is 4.74 Å². The topological polar surface area (TPSA) is 84.2 Å². The van der Waals surface area contributed by atoms with E-state index in [1.54, 1.807) is 0 Å². The zero-order valence-electron chi connectivity index (χ0n) is 26.0. The number of rotatable bonds is 4. The Morgan fingerprint density at radius 2 is 1.70 bits per heavy atom. The van der Waals surface area contributed by atoms with Crippen molar-refractivity contribution in [2.45, 2.75) is 113 Å². The van der Waals surface area contributed by atoms with E-state index in [0.717, 1.165) is 63.4 Å². The average molecular weight is 548 g/mol. The predicted octanol–water partition coefficient (Wildman–Crippen LogP) is 7.55. The van der Waals surface area contributed by atoms with Gasteiger partial charge in [0.25, 0.3) is 0 Å². The molecule has 40 heavy (non-hydrogen) atoms. The second-order valence-electron chi connectivity index (χ2n) is 15.9. The number of Topliss-reactive ketones (excluding diaryl/α,β-unsaturated/α-hetero) is 1. The Hall–Kier alpha value is -2.22. The highest BCUT2D eigenvalue weighted by Crippen LogP contribution is 2.74. The SMILES string of the molecule is CCCCOC(=O)[C@]12CCC(C)(C)CC1C1C(=O)C=C3[C@@]4(C)C=C(C#N)C(=O)C(C)(C)[C@@H]4CC[C@@]3(C)[C@]1(C)CC2. The largest absolute Gasteiger partial charge is 0.465 e. The highest BCUT2D eigenvalue weighted by Gasteiger charge is 2.71. The summed E-state index contributed by atoms with van der Waals surface area (Å²) < 4.78 is 5.94. The number of allylic oxidation sites excluding steroid dienone is 4. The van der Waals surface area contributed by atoms with E-state index < -0.39 is 16.2 Å². The molecule has 3 fully saturated rings. The van der Waals surface area contributed by atoms with Crippen LogP contribution in [0.2, 0.25) is 0 Å². The van der Waals surface area contributed by atoms with Crippen LogP contribution in [0.4, 0.5) is 0 Å². The average Bonchev–Trinajstić information content (AvgIpc) is 2.87. The van der Waals surface area contributed by atoms with E-state index in [9.17, 15) is 19.6 Å². The second-order valence-corrected chi connectivity index (χ2v) is 15.9. The maximum Gasteiger partial charge on any atom is 0.312 e. The van der Waals surface area contributed by atoms with Crippen LogP contribution in [0.3, 0.4) is 0 Å². The Labute approximate surface area is 241 Å². The van der Waals surface area contributed by atoms with Crippen molar-refractivity contribution in [3.05, 3.63) is 23.3 Å². The number of unbranched alkanes of at least 4 members (excludes halogenated alkanes) is 1. The molecule has 5 aliphatic rings. The number of fused-ring (bicyclic) bond motifs is 7. The van der Waals surface area contributed by atoms with Gasteiger partial charge in [0.05, 0.1) is 17.6 Å². The highest BCUT2D eigenvalue weighted by molar-refractivity contribution is 6.04. The molecule has 0 radical (unpaired) electrons. The molecule has 218 valence electrons. The molecule has 0 amide bonds.